The van der Waals surface area contributed by atoms with Crippen LogP contribution in [0.4, 0.5) is 4.39 Å². The summed E-state index contributed by atoms with van der Waals surface area (Å²) in [6.45, 7) is 2.88. The van der Waals surface area contributed by atoms with E-state index in [1.165, 1.54) is 12.1 Å². The van der Waals surface area contributed by atoms with Gasteiger partial charge in [-0.3, -0.25) is 9.59 Å². The van der Waals surface area contributed by atoms with Gasteiger partial charge in [0.1, 0.15) is 17.3 Å². The van der Waals surface area contributed by atoms with E-state index in [1.807, 2.05) is 6.92 Å². The normalized spacial score (nSPS) is 15.4. The number of carbonyl (C=O) groups is 2. The Hall–Kier alpha value is -3.09. The Balaban J connectivity index is 1.57. The van der Waals surface area contributed by atoms with E-state index in [0.717, 1.165) is 5.56 Å². The van der Waals surface area contributed by atoms with Gasteiger partial charge in [-0.2, -0.15) is 0 Å². The molecule has 0 bridgehead atoms. The average Bonchev–Trinajstić information content (AvgIpc) is 2.78. The molecule has 3 rings (SSSR count). The SMILES string of the molecule is COc1cc(OC)cc(C(=O)N2CCC(C(=O)NC(C)c3ccc(F)cc3)CC2)c1. The summed E-state index contributed by atoms with van der Waals surface area (Å²) in [6.07, 6.45) is 1.18. The minimum Gasteiger partial charge on any atom is -0.497 e. The third-order valence-corrected chi connectivity index (χ3v) is 5.48. The van der Waals surface area contributed by atoms with E-state index >= 15 is 0 Å². The first kappa shape index (κ1) is 21.6. The summed E-state index contributed by atoms with van der Waals surface area (Å²) in [4.78, 5) is 27.3. The molecule has 1 aliphatic rings. The highest BCUT2D eigenvalue weighted by Crippen LogP contribution is 2.26. The van der Waals surface area contributed by atoms with Crippen molar-refractivity contribution in [2.24, 2.45) is 5.92 Å². The molecule has 1 atom stereocenters. The molecule has 2 aromatic carbocycles. The number of nitrogens with zero attached hydrogens (tertiary/aromatic N) is 1. The number of halogens is 1. The first-order chi connectivity index (χ1) is 14.4. The second kappa shape index (κ2) is 9.61. The Morgan fingerprint density at radius 3 is 2.13 bits per heavy atom. The van der Waals surface area contributed by atoms with Crippen molar-refractivity contribution in [2.45, 2.75) is 25.8 Å². The van der Waals surface area contributed by atoms with Crippen molar-refractivity contribution in [1.29, 1.82) is 0 Å². The number of ether oxygens (including phenoxy) is 2. The fourth-order valence-electron chi connectivity index (χ4n) is 3.62. The Labute approximate surface area is 176 Å². The van der Waals surface area contributed by atoms with Crippen LogP contribution in [-0.4, -0.2) is 44.0 Å². The topological polar surface area (TPSA) is 67.9 Å². The molecule has 6 nitrogen and oxygen atoms in total. The number of methoxy groups -OCH3 is 2. The predicted octanol–water partition coefficient (Wildman–Crippen LogP) is 3.57. The maximum absolute atomic E-state index is 13.1. The van der Waals surface area contributed by atoms with Crippen molar-refractivity contribution < 1.29 is 23.5 Å². The molecule has 0 aliphatic carbocycles. The molecule has 1 heterocycles. The van der Waals surface area contributed by atoms with Crippen LogP contribution in [0.1, 0.15) is 41.7 Å². The zero-order valence-corrected chi connectivity index (χ0v) is 17.5. The molecule has 1 unspecified atom stereocenters. The largest absolute Gasteiger partial charge is 0.497 e. The Bertz CT molecular complexity index is 870. The maximum Gasteiger partial charge on any atom is 0.254 e. The summed E-state index contributed by atoms with van der Waals surface area (Å²) >= 11 is 0. The Morgan fingerprint density at radius 1 is 1.03 bits per heavy atom. The van der Waals surface area contributed by atoms with Gasteiger partial charge in [-0.15, -0.1) is 0 Å². The van der Waals surface area contributed by atoms with Gasteiger partial charge < -0.3 is 19.7 Å². The average molecular weight is 414 g/mol. The molecular weight excluding hydrogens is 387 g/mol. The van der Waals surface area contributed by atoms with Gasteiger partial charge in [0.25, 0.3) is 5.91 Å². The number of likely N-dealkylation sites (tertiary alicyclic amines) is 1. The third kappa shape index (κ3) is 5.09. The fraction of sp³-hybridized carbons (Fsp3) is 0.391. The molecule has 160 valence electrons. The zero-order chi connectivity index (χ0) is 21.7. The maximum atomic E-state index is 13.1. The molecule has 7 heteroatoms. The van der Waals surface area contributed by atoms with Gasteiger partial charge in [-0.05, 0) is 49.6 Å². The molecule has 1 saturated heterocycles. The number of piperidine rings is 1. The molecule has 2 aromatic rings. The quantitative estimate of drug-likeness (QED) is 0.785. The van der Waals surface area contributed by atoms with Crippen LogP contribution in [0.15, 0.2) is 42.5 Å². The predicted molar refractivity (Wildman–Crippen MR) is 111 cm³/mol. The van der Waals surface area contributed by atoms with Crippen molar-refractivity contribution in [1.82, 2.24) is 10.2 Å². The van der Waals surface area contributed by atoms with Crippen molar-refractivity contribution >= 4 is 11.8 Å². The highest BCUT2D eigenvalue weighted by molar-refractivity contribution is 5.95. The van der Waals surface area contributed by atoms with Crippen LogP contribution in [0.5, 0.6) is 11.5 Å². The van der Waals surface area contributed by atoms with E-state index in [9.17, 15) is 14.0 Å². The standard InChI is InChI=1S/C23H27FN2O4/c1-15(16-4-6-19(24)7-5-16)25-22(27)17-8-10-26(11-9-17)23(28)18-12-20(29-2)14-21(13-18)30-3/h4-7,12-15,17H,8-11H2,1-3H3,(H,25,27). The number of hydrogen-bond donors (Lipinski definition) is 1. The third-order valence-electron chi connectivity index (χ3n) is 5.48. The summed E-state index contributed by atoms with van der Waals surface area (Å²) in [5.41, 5.74) is 1.35. The smallest absolute Gasteiger partial charge is 0.254 e. The van der Waals surface area contributed by atoms with Crippen LogP contribution in [0.2, 0.25) is 0 Å². The van der Waals surface area contributed by atoms with E-state index in [1.54, 1.807) is 49.5 Å². The minimum absolute atomic E-state index is 0.0398. The fourth-order valence-corrected chi connectivity index (χ4v) is 3.62. The van der Waals surface area contributed by atoms with Gasteiger partial charge in [0, 0.05) is 30.6 Å². The molecule has 0 spiro atoms. The van der Waals surface area contributed by atoms with Crippen molar-refractivity contribution in [2.75, 3.05) is 27.3 Å². The molecule has 1 aliphatic heterocycles. The Kier molecular flexibility index (Phi) is 6.92. The summed E-state index contributed by atoms with van der Waals surface area (Å²) in [5, 5.41) is 2.99. The zero-order valence-electron chi connectivity index (χ0n) is 17.5. The second-order valence-corrected chi connectivity index (χ2v) is 7.45. The lowest BCUT2D eigenvalue weighted by Crippen LogP contribution is -2.43. The van der Waals surface area contributed by atoms with Crippen LogP contribution >= 0.6 is 0 Å². The van der Waals surface area contributed by atoms with E-state index in [0.29, 0.717) is 43.0 Å². The molecule has 1 N–H and O–H groups in total. The van der Waals surface area contributed by atoms with Gasteiger partial charge in [0.2, 0.25) is 5.91 Å². The van der Waals surface area contributed by atoms with Crippen molar-refractivity contribution in [3.8, 4) is 11.5 Å². The lowest BCUT2D eigenvalue weighted by atomic mass is 9.94. The van der Waals surface area contributed by atoms with Gasteiger partial charge in [0.05, 0.1) is 20.3 Å². The molecule has 2 amide bonds. The van der Waals surface area contributed by atoms with E-state index in [2.05, 4.69) is 5.32 Å². The number of nitrogens with one attached hydrogen (secondary N) is 1. The van der Waals surface area contributed by atoms with Gasteiger partial charge in [-0.25, -0.2) is 4.39 Å². The molecular formula is C23H27FN2O4. The van der Waals surface area contributed by atoms with Crippen LogP contribution in [-0.2, 0) is 4.79 Å². The lowest BCUT2D eigenvalue weighted by molar-refractivity contribution is -0.126. The molecule has 0 aromatic heterocycles. The van der Waals surface area contributed by atoms with Crippen LogP contribution in [0.3, 0.4) is 0 Å². The van der Waals surface area contributed by atoms with Gasteiger partial charge >= 0.3 is 0 Å². The Morgan fingerprint density at radius 2 is 1.60 bits per heavy atom. The molecule has 30 heavy (non-hydrogen) atoms. The second-order valence-electron chi connectivity index (χ2n) is 7.45. The number of benzene rings is 2. The summed E-state index contributed by atoms with van der Waals surface area (Å²) in [6, 6.07) is 11.0. The van der Waals surface area contributed by atoms with E-state index < -0.39 is 0 Å². The highest BCUT2D eigenvalue weighted by atomic mass is 19.1. The molecule has 0 saturated carbocycles. The summed E-state index contributed by atoms with van der Waals surface area (Å²) in [5.74, 6) is 0.510. The monoisotopic (exact) mass is 414 g/mol. The van der Waals surface area contributed by atoms with E-state index in [4.69, 9.17) is 9.47 Å². The summed E-state index contributed by atoms with van der Waals surface area (Å²) in [7, 11) is 3.08. The number of carbonyl (C=O) groups excluding carboxylic acids is 2. The van der Waals surface area contributed by atoms with Crippen LogP contribution in [0, 0.1) is 11.7 Å². The van der Waals surface area contributed by atoms with Crippen molar-refractivity contribution in [3.05, 3.63) is 59.4 Å². The minimum atomic E-state index is -0.303. The van der Waals surface area contributed by atoms with Gasteiger partial charge in [0.15, 0.2) is 0 Å². The summed E-state index contributed by atoms with van der Waals surface area (Å²) < 4.78 is 23.6. The molecule has 1 fully saturated rings. The number of amides is 2. The molecule has 0 radical (unpaired) electrons. The first-order valence-corrected chi connectivity index (χ1v) is 9.99. The number of rotatable bonds is 6. The highest BCUT2D eigenvalue weighted by Gasteiger charge is 2.29. The lowest BCUT2D eigenvalue weighted by Gasteiger charge is -2.32. The first-order valence-electron chi connectivity index (χ1n) is 9.99. The van der Waals surface area contributed by atoms with Crippen LogP contribution < -0.4 is 14.8 Å². The van der Waals surface area contributed by atoms with E-state index in [-0.39, 0.29) is 29.6 Å². The van der Waals surface area contributed by atoms with Gasteiger partial charge in [-0.1, -0.05) is 12.1 Å². The van der Waals surface area contributed by atoms with Crippen molar-refractivity contribution in [3.63, 3.8) is 0 Å². The number of hydrogen-bond acceptors (Lipinski definition) is 4. The van der Waals surface area contributed by atoms with Crippen LogP contribution in [0.25, 0.3) is 0 Å².